The highest BCUT2D eigenvalue weighted by Gasteiger charge is 2.36. The number of esters is 1. The van der Waals surface area contributed by atoms with Crippen molar-refractivity contribution in [1.29, 1.82) is 0 Å². The van der Waals surface area contributed by atoms with Gasteiger partial charge in [-0.2, -0.15) is 5.10 Å². The van der Waals surface area contributed by atoms with Gasteiger partial charge in [-0.3, -0.25) is 24.3 Å². The van der Waals surface area contributed by atoms with E-state index in [9.17, 15) is 24.5 Å². The van der Waals surface area contributed by atoms with Crippen LogP contribution in [0.4, 0.5) is 5.69 Å². The Morgan fingerprint density at radius 3 is 2.66 bits per heavy atom. The zero-order chi connectivity index (χ0) is 22.8. The molecule has 0 aromatic carbocycles. The molecule has 3 aromatic heterocycles. The van der Waals surface area contributed by atoms with Crippen molar-refractivity contribution in [2.75, 3.05) is 7.11 Å². The number of aromatic nitrogens is 1. The van der Waals surface area contributed by atoms with Crippen molar-refractivity contribution in [2.45, 2.75) is 19.0 Å². The Bertz CT molecular complexity index is 1260. The van der Waals surface area contributed by atoms with Gasteiger partial charge in [0.15, 0.2) is 0 Å². The van der Waals surface area contributed by atoms with Gasteiger partial charge in [0.2, 0.25) is 0 Å². The van der Waals surface area contributed by atoms with Gasteiger partial charge in [0, 0.05) is 18.7 Å². The third-order valence-corrected chi connectivity index (χ3v) is 4.83. The van der Waals surface area contributed by atoms with E-state index in [0.717, 1.165) is 28.9 Å². The smallest absolute Gasteiger partial charge is 0.339 e. The van der Waals surface area contributed by atoms with E-state index in [1.165, 1.54) is 12.5 Å². The summed E-state index contributed by atoms with van der Waals surface area (Å²) >= 11 is 0. The number of hydrazone groups is 1. The average molecular weight is 440 g/mol. The van der Waals surface area contributed by atoms with E-state index in [1.54, 1.807) is 24.3 Å². The molecule has 1 unspecified atom stereocenters. The summed E-state index contributed by atoms with van der Waals surface area (Å²) in [7, 11) is 1.10. The summed E-state index contributed by atoms with van der Waals surface area (Å²) in [6, 6.07) is 6.92. The van der Waals surface area contributed by atoms with Crippen LogP contribution in [0.1, 0.15) is 34.3 Å². The number of nitrogens with zero attached hydrogens (tertiary/aromatic N) is 4. The molecule has 1 aliphatic heterocycles. The van der Waals surface area contributed by atoms with Crippen LogP contribution >= 0.6 is 0 Å². The van der Waals surface area contributed by atoms with E-state index in [-0.39, 0.29) is 5.56 Å². The minimum Gasteiger partial charge on any atom is -0.467 e. The first-order valence-corrected chi connectivity index (χ1v) is 9.33. The molecule has 0 fully saturated rings. The molecule has 0 aliphatic carbocycles. The predicted octanol–water partition coefficient (Wildman–Crippen LogP) is 2.11. The first-order valence-electron chi connectivity index (χ1n) is 9.33. The lowest BCUT2D eigenvalue weighted by Crippen LogP contribution is -2.34. The van der Waals surface area contributed by atoms with Crippen molar-refractivity contribution in [3.63, 3.8) is 0 Å². The van der Waals surface area contributed by atoms with Crippen molar-refractivity contribution in [1.82, 2.24) is 9.58 Å². The second-order valence-electron chi connectivity index (χ2n) is 6.79. The number of methoxy groups -OCH3 is 1. The average Bonchev–Trinajstić information content (AvgIpc) is 3.54. The first-order chi connectivity index (χ1) is 15.4. The number of pyridine rings is 1. The summed E-state index contributed by atoms with van der Waals surface area (Å²) in [4.78, 5) is 47.8. The van der Waals surface area contributed by atoms with E-state index < -0.39 is 40.6 Å². The molecule has 12 nitrogen and oxygen atoms in total. The summed E-state index contributed by atoms with van der Waals surface area (Å²) in [5.74, 6) is -0.601. The van der Waals surface area contributed by atoms with Crippen LogP contribution in [-0.4, -0.2) is 39.2 Å². The third-order valence-electron chi connectivity index (χ3n) is 4.83. The summed E-state index contributed by atoms with van der Waals surface area (Å²) in [6.07, 6.45) is 4.26. The Labute approximate surface area is 179 Å². The second kappa shape index (κ2) is 8.34. The first kappa shape index (κ1) is 20.8. The van der Waals surface area contributed by atoms with Crippen LogP contribution in [0, 0.1) is 10.1 Å². The molecule has 12 heteroatoms. The van der Waals surface area contributed by atoms with E-state index in [1.807, 2.05) is 0 Å². The van der Waals surface area contributed by atoms with Crippen LogP contribution in [0.3, 0.4) is 0 Å². The maximum absolute atomic E-state index is 13.1. The minimum atomic E-state index is -1.04. The van der Waals surface area contributed by atoms with Crippen LogP contribution in [0.25, 0.3) is 0 Å². The van der Waals surface area contributed by atoms with Crippen molar-refractivity contribution < 1.29 is 28.1 Å². The van der Waals surface area contributed by atoms with Crippen molar-refractivity contribution in [3.05, 3.63) is 86.6 Å². The second-order valence-corrected chi connectivity index (χ2v) is 6.79. The number of hydrogen-bond acceptors (Lipinski definition) is 9. The van der Waals surface area contributed by atoms with Crippen molar-refractivity contribution in [2.24, 2.45) is 5.10 Å². The number of hydrogen-bond donors (Lipinski definition) is 0. The molecule has 0 N–H and O–H groups in total. The standard InChI is InChI=1S/C20H16N4O8/c1-30-20(27)12-8-15(24(28)29)19(26)22(10-12)11-18(25)23-14(17-5-3-7-32-17)9-13(21-23)16-4-2-6-31-16/h2-8,10,14H,9,11H2,1H3. The largest absolute Gasteiger partial charge is 0.467 e. The van der Waals surface area contributed by atoms with E-state index >= 15 is 0 Å². The van der Waals surface area contributed by atoms with Gasteiger partial charge in [0.1, 0.15) is 29.8 Å². The zero-order valence-electron chi connectivity index (χ0n) is 16.7. The fourth-order valence-corrected chi connectivity index (χ4v) is 3.35. The van der Waals surface area contributed by atoms with Gasteiger partial charge in [-0.1, -0.05) is 0 Å². The normalized spacial score (nSPS) is 15.5. The monoisotopic (exact) mass is 440 g/mol. The lowest BCUT2D eigenvalue weighted by molar-refractivity contribution is -0.386. The molecule has 4 rings (SSSR count). The van der Waals surface area contributed by atoms with Gasteiger partial charge >= 0.3 is 17.2 Å². The quantitative estimate of drug-likeness (QED) is 0.321. The molecule has 32 heavy (non-hydrogen) atoms. The molecule has 1 atom stereocenters. The highest BCUT2D eigenvalue weighted by molar-refractivity contribution is 6.01. The molecule has 3 aromatic rings. The molecule has 1 aliphatic rings. The van der Waals surface area contributed by atoms with Crippen LogP contribution in [0.15, 0.2) is 67.8 Å². The van der Waals surface area contributed by atoms with Crippen molar-refractivity contribution >= 4 is 23.3 Å². The number of ether oxygens (including phenoxy) is 1. The highest BCUT2D eigenvalue weighted by Crippen LogP contribution is 2.33. The Hall–Kier alpha value is -4.48. The van der Waals surface area contributed by atoms with Crippen LogP contribution in [0.2, 0.25) is 0 Å². The fraction of sp³-hybridized carbons (Fsp3) is 0.200. The lowest BCUT2D eigenvalue weighted by Gasteiger charge is -2.20. The van der Waals surface area contributed by atoms with E-state index in [2.05, 4.69) is 9.84 Å². The van der Waals surface area contributed by atoms with Gasteiger partial charge in [0.05, 0.1) is 30.1 Å². The Morgan fingerprint density at radius 1 is 1.28 bits per heavy atom. The number of amides is 1. The van der Waals surface area contributed by atoms with Gasteiger partial charge in [-0.05, 0) is 24.3 Å². The van der Waals surface area contributed by atoms with Gasteiger partial charge in [-0.15, -0.1) is 0 Å². The van der Waals surface area contributed by atoms with Crippen LogP contribution < -0.4 is 5.56 Å². The van der Waals surface area contributed by atoms with Crippen molar-refractivity contribution in [3.8, 4) is 0 Å². The molecule has 0 saturated heterocycles. The summed E-state index contributed by atoms with van der Waals surface area (Å²) in [5, 5.41) is 16.7. The molecule has 0 spiro atoms. The lowest BCUT2D eigenvalue weighted by atomic mass is 10.1. The molecule has 164 valence electrons. The predicted molar refractivity (Wildman–Crippen MR) is 107 cm³/mol. The Morgan fingerprint density at radius 2 is 2.03 bits per heavy atom. The summed E-state index contributed by atoms with van der Waals surface area (Å²) in [5.41, 5.74) is -1.65. The van der Waals surface area contributed by atoms with Gasteiger partial charge in [0.25, 0.3) is 5.91 Å². The number of carbonyl (C=O) groups excluding carboxylic acids is 2. The van der Waals surface area contributed by atoms with Gasteiger partial charge < -0.3 is 13.6 Å². The fourth-order valence-electron chi connectivity index (χ4n) is 3.35. The molecule has 0 radical (unpaired) electrons. The molecular formula is C20H16N4O8. The van der Waals surface area contributed by atoms with E-state index in [0.29, 0.717) is 23.7 Å². The molecule has 1 amide bonds. The Kier molecular flexibility index (Phi) is 5.41. The van der Waals surface area contributed by atoms with E-state index in [4.69, 9.17) is 8.83 Å². The third kappa shape index (κ3) is 3.80. The summed E-state index contributed by atoms with van der Waals surface area (Å²) in [6.45, 7) is -0.601. The molecule has 0 saturated carbocycles. The number of nitro groups is 1. The summed E-state index contributed by atoms with van der Waals surface area (Å²) < 4.78 is 16.2. The molecule has 0 bridgehead atoms. The number of rotatable bonds is 6. The highest BCUT2D eigenvalue weighted by atomic mass is 16.6. The molecular weight excluding hydrogens is 424 g/mol. The maximum Gasteiger partial charge on any atom is 0.339 e. The molecule has 4 heterocycles. The number of furan rings is 2. The topological polar surface area (TPSA) is 150 Å². The van der Waals surface area contributed by atoms with Crippen LogP contribution in [-0.2, 0) is 16.1 Å². The SMILES string of the molecule is COC(=O)c1cc([N+](=O)[O-])c(=O)n(CC(=O)N2N=C(c3ccco3)CC2c2ccco2)c1. The minimum absolute atomic E-state index is 0.240. The van der Waals surface area contributed by atoms with Crippen LogP contribution in [0.5, 0.6) is 0 Å². The maximum atomic E-state index is 13.1. The van der Waals surface area contributed by atoms with Gasteiger partial charge in [-0.25, -0.2) is 9.80 Å². The number of carbonyl (C=O) groups is 2. The Balaban J connectivity index is 1.70. The zero-order valence-corrected chi connectivity index (χ0v) is 16.7.